The number of non-ortho nitro benzene ring substituents is 1. The number of aromatic nitrogens is 2. The summed E-state index contributed by atoms with van der Waals surface area (Å²) in [6.07, 6.45) is -0.839. The van der Waals surface area contributed by atoms with Gasteiger partial charge in [0.05, 0.1) is 16.0 Å². The van der Waals surface area contributed by atoms with Gasteiger partial charge in [-0.3, -0.25) is 24.8 Å². The number of pyridine rings is 1. The number of hydrogen-bond donors (Lipinski definition) is 1. The van der Waals surface area contributed by atoms with Crippen LogP contribution in [0.1, 0.15) is 21.5 Å². The summed E-state index contributed by atoms with van der Waals surface area (Å²) in [6, 6.07) is 15.8. The second kappa shape index (κ2) is 10.7. The molecule has 40 heavy (non-hydrogen) atoms. The Bertz CT molecular complexity index is 1520. The van der Waals surface area contributed by atoms with Gasteiger partial charge in [0.1, 0.15) is 0 Å². The molecule has 4 aromatic rings. The lowest BCUT2D eigenvalue weighted by Gasteiger charge is -2.40. The third-order valence-electron chi connectivity index (χ3n) is 7.21. The Morgan fingerprint density at radius 3 is 2.38 bits per heavy atom. The maximum Gasteiger partial charge on any atom is 0.422 e. The highest BCUT2D eigenvalue weighted by atomic mass is 19.4. The number of hydrogen-bond acceptors (Lipinski definition) is 6. The van der Waals surface area contributed by atoms with Crippen molar-refractivity contribution in [3.8, 4) is 0 Å². The van der Waals surface area contributed by atoms with E-state index in [9.17, 15) is 33.2 Å². The van der Waals surface area contributed by atoms with Crippen LogP contribution in [0.5, 0.6) is 0 Å². The molecule has 1 aliphatic rings. The largest absolute Gasteiger partial charge is 0.422 e. The van der Waals surface area contributed by atoms with E-state index in [4.69, 9.17) is 0 Å². The molecule has 1 N–H and O–H groups in total. The summed E-state index contributed by atoms with van der Waals surface area (Å²) in [7, 11) is 0. The van der Waals surface area contributed by atoms with Crippen LogP contribution in [0.2, 0.25) is 0 Å². The van der Waals surface area contributed by atoms with Gasteiger partial charge in [0, 0.05) is 80.9 Å². The van der Waals surface area contributed by atoms with Crippen LogP contribution < -0.4 is 0 Å². The lowest BCUT2D eigenvalue weighted by atomic mass is 9.91. The molecular formula is C28H26F3N5O4. The summed E-state index contributed by atoms with van der Waals surface area (Å²) in [5.41, 5.74) is -2.53. The second-order valence-electron chi connectivity index (χ2n) is 9.78. The Hall–Kier alpha value is -4.29. The molecule has 0 bridgehead atoms. The van der Waals surface area contributed by atoms with E-state index < -0.39 is 23.2 Å². The minimum absolute atomic E-state index is 0.0757. The van der Waals surface area contributed by atoms with E-state index in [0.717, 1.165) is 11.6 Å². The maximum atomic E-state index is 14.7. The monoisotopic (exact) mass is 553 g/mol. The molecule has 12 heteroatoms. The number of amides is 1. The molecule has 1 amide bonds. The fraction of sp³-hybridized carbons (Fsp3) is 0.286. The van der Waals surface area contributed by atoms with Crippen LogP contribution in [0.15, 0.2) is 79.3 Å². The van der Waals surface area contributed by atoms with E-state index in [2.05, 4.69) is 4.98 Å². The maximum absolute atomic E-state index is 14.7. The molecule has 2 aromatic carbocycles. The standard InChI is InChI=1S/C28H26F3N5O4/c29-28(30,31)27(38,19-33-11-13-34(14-12-33)26(37)21-7-4-10-32-16-21)24-18-35(17-20-5-2-1-3-6-20)25-15-22(36(39)40)8-9-23(24)25/h1-10,15-16,18,38H,11-14,17,19H2. The summed E-state index contributed by atoms with van der Waals surface area (Å²) in [5, 5.41) is 22.9. The van der Waals surface area contributed by atoms with Gasteiger partial charge in [0.2, 0.25) is 5.60 Å². The first-order chi connectivity index (χ1) is 19.1. The van der Waals surface area contributed by atoms with Gasteiger partial charge < -0.3 is 14.6 Å². The molecule has 9 nitrogen and oxygen atoms in total. The predicted octanol–water partition coefficient (Wildman–Crippen LogP) is 4.20. The molecule has 1 fully saturated rings. The van der Waals surface area contributed by atoms with Crippen LogP contribution in [0.4, 0.5) is 18.9 Å². The molecule has 0 radical (unpaired) electrons. The SMILES string of the molecule is O=C(c1cccnc1)N1CCN(CC(O)(c2cn(Cc3ccccc3)c3cc([N+](=O)[O-])ccc23)C(F)(F)F)CC1. The van der Waals surface area contributed by atoms with Crippen LogP contribution in [0.25, 0.3) is 10.9 Å². The Labute approximate surface area is 227 Å². The third-order valence-corrected chi connectivity index (χ3v) is 7.21. The van der Waals surface area contributed by atoms with Crippen LogP contribution in [-0.2, 0) is 12.1 Å². The quantitative estimate of drug-likeness (QED) is 0.272. The number of nitrogens with zero attached hydrogens (tertiary/aromatic N) is 5. The Morgan fingerprint density at radius 1 is 1.02 bits per heavy atom. The van der Waals surface area contributed by atoms with Crippen molar-refractivity contribution in [1.29, 1.82) is 0 Å². The summed E-state index contributed by atoms with van der Waals surface area (Å²) in [5.74, 6) is -0.260. The van der Waals surface area contributed by atoms with Crippen molar-refractivity contribution in [3.05, 3.63) is 106 Å². The van der Waals surface area contributed by atoms with Gasteiger partial charge in [-0.15, -0.1) is 0 Å². The summed E-state index contributed by atoms with van der Waals surface area (Å²) < 4.78 is 45.5. The van der Waals surface area contributed by atoms with Gasteiger partial charge in [-0.25, -0.2) is 0 Å². The highest BCUT2D eigenvalue weighted by Gasteiger charge is 2.57. The molecule has 2 aromatic heterocycles. The smallest absolute Gasteiger partial charge is 0.375 e. The number of piperazine rings is 1. The normalized spacial score (nSPS) is 16.1. The van der Waals surface area contributed by atoms with E-state index in [1.807, 2.05) is 0 Å². The Kier molecular flexibility index (Phi) is 7.30. The number of aliphatic hydroxyl groups is 1. The molecule has 1 atom stereocenters. The lowest BCUT2D eigenvalue weighted by molar-refractivity contribution is -0.384. The highest BCUT2D eigenvalue weighted by Crippen LogP contribution is 2.44. The van der Waals surface area contributed by atoms with Crippen molar-refractivity contribution in [2.45, 2.75) is 18.3 Å². The first-order valence-corrected chi connectivity index (χ1v) is 12.6. The lowest BCUT2D eigenvalue weighted by Crippen LogP contribution is -2.56. The number of nitro benzene ring substituents is 1. The van der Waals surface area contributed by atoms with Crippen molar-refractivity contribution in [2.24, 2.45) is 0 Å². The molecule has 1 saturated heterocycles. The zero-order valence-corrected chi connectivity index (χ0v) is 21.3. The molecule has 0 aliphatic carbocycles. The van der Waals surface area contributed by atoms with Gasteiger partial charge >= 0.3 is 6.18 Å². The minimum Gasteiger partial charge on any atom is -0.375 e. The molecule has 0 saturated carbocycles. The number of nitro groups is 1. The van der Waals surface area contributed by atoms with E-state index in [-0.39, 0.29) is 60.8 Å². The predicted molar refractivity (Wildman–Crippen MR) is 141 cm³/mol. The zero-order chi connectivity index (χ0) is 28.5. The Balaban J connectivity index is 1.46. The molecule has 1 unspecified atom stereocenters. The number of fused-ring (bicyclic) bond motifs is 1. The summed E-state index contributed by atoms with van der Waals surface area (Å²) in [6.45, 7) is 0.0126. The number of halogens is 3. The molecular weight excluding hydrogens is 527 g/mol. The van der Waals surface area contributed by atoms with Gasteiger partial charge in [-0.1, -0.05) is 30.3 Å². The van der Waals surface area contributed by atoms with Crippen LogP contribution in [0, 0.1) is 10.1 Å². The fourth-order valence-electron chi connectivity index (χ4n) is 5.07. The topological polar surface area (TPSA) is 105 Å². The van der Waals surface area contributed by atoms with E-state index in [1.54, 1.807) is 53.6 Å². The van der Waals surface area contributed by atoms with Gasteiger partial charge in [-0.2, -0.15) is 13.2 Å². The van der Waals surface area contributed by atoms with Gasteiger partial charge in [-0.05, 0) is 23.8 Å². The average molecular weight is 554 g/mol. The fourth-order valence-corrected chi connectivity index (χ4v) is 5.07. The van der Waals surface area contributed by atoms with Crippen LogP contribution in [-0.4, -0.2) is 74.2 Å². The Morgan fingerprint density at radius 2 is 1.75 bits per heavy atom. The molecule has 5 rings (SSSR count). The van der Waals surface area contributed by atoms with Crippen LogP contribution in [0.3, 0.4) is 0 Å². The molecule has 1 aliphatic heterocycles. The van der Waals surface area contributed by atoms with E-state index >= 15 is 0 Å². The van der Waals surface area contributed by atoms with Crippen molar-refractivity contribution in [1.82, 2.24) is 19.4 Å². The van der Waals surface area contributed by atoms with Crippen molar-refractivity contribution in [3.63, 3.8) is 0 Å². The number of alkyl halides is 3. The van der Waals surface area contributed by atoms with Crippen molar-refractivity contribution >= 4 is 22.5 Å². The van der Waals surface area contributed by atoms with Crippen LogP contribution >= 0.6 is 0 Å². The molecule has 208 valence electrons. The van der Waals surface area contributed by atoms with E-state index in [0.29, 0.717) is 5.56 Å². The van der Waals surface area contributed by atoms with Gasteiger partial charge in [0.15, 0.2) is 0 Å². The highest BCUT2D eigenvalue weighted by molar-refractivity contribution is 5.94. The average Bonchev–Trinajstić information content (AvgIpc) is 3.31. The van der Waals surface area contributed by atoms with E-state index in [1.165, 1.54) is 34.0 Å². The molecule has 0 spiro atoms. The van der Waals surface area contributed by atoms with Crippen molar-refractivity contribution < 1.29 is 28.0 Å². The zero-order valence-electron chi connectivity index (χ0n) is 21.3. The summed E-state index contributed by atoms with van der Waals surface area (Å²) in [4.78, 5) is 30.5. The van der Waals surface area contributed by atoms with Gasteiger partial charge in [0.25, 0.3) is 11.6 Å². The number of carbonyl (C=O) groups excluding carboxylic acids is 1. The van der Waals surface area contributed by atoms with Crippen molar-refractivity contribution in [2.75, 3.05) is 32.7 Å². The number of carbonyl (C=O) groups is 1. The minimum atomic E-state index is -5.05. The second-order valence-corrected chi connectivity index (χ2v) is 9.78. The first kappa shape index (κ1) is 27.3. The third kappa shape index (κ3) is 5.27. The molecule has 3 heterocycles. The number of β-amino-alcohol motifs (C(OH)–C–C–N with tert-alkyl or cyclic N) is 1. The summed E-state index contributed by atoms with van der Waals surface area (Å²) >= 11 is 0. The number of rotatable bonds is 7. The first-order valence-electron chi connectivity index (χ1n) is 12.6. The number of benzene rings is 2.